The largest absolute Gasteiger partial charge is 0.508 e. The van der Waals surface area contributed by atoms with Crippen LogP contribution in [0.5, 0.6) is 0 Å². The highest BCUT2D eigenvalue weighted by atomic mass is 32.2. The average molecular weight is 344 g/mol. The number of ketones is 1. The Kier molecular flexibility index (Phi) is 4.17. The van der Waals surface area contributed by atoms with Crippen molar-refractivity contribution in [3.8, 4) is 0 Å². The number of allylic oxidation sites excluding steroid dienone is 1. The quantitative estimate of drug-likeness (QED) is 0.840. The summed E-state index contributed by atoms with van der Waals surface area (Å²) >= 11 is 1.79. The molecule has 1 unspecified atom stereocenters. The molecular formula is C20H24O3S. The number of Topliss-reactive ketones (excluding diaryl/α,β-unsaturated/α-hetero) is 1. The van der Waals surface area contributed by atoms with Gasteiger partial charge < -0.3 is 9.84 Å². The molecule has 0 aliphatic carbocycles. The second kappa shape index (κ2) is 5.78. The van der Waals surface area contributed by atoms with E-state index in [9.17, 15) is 9.90 Å². The Bertz CT molecular complexity index is 756. The van der Waals surface area contributed by atoms with Crippen LogP contribution < -0.4 is 0 Å². The molecule has 2 aliphatic heterocycles. The number of ether oxygens (including phenoxy) is 1. The summed E-state index contributed by atoms with van der Waals surface area (Å²) in [6, 6.07) is 6.19. The predicted octanol–water partition coefficient (Wildman–Crippen LogP) is 4.76. The van der Waals surface area contributed by atoms with E-state index >= 15 is 0 Å². The molecule has 0 saturated heterocycles. The van der Waals surface area contributed by atoms with Crippen molar-refractivity contribution in [2.45, 2.75) is 51.7 Å². The van der Waals surface area contributed by atoms with Crippen LogP contribution in [-0.4, -0.2) is 27.8 Å². The Labute approximate surface area is 147 Å². The number of carbonyl (C=O) groups is 1. The van der Waals surface area contributed by atoms with E-state index in [4.69, 9.17) is 4.74 Å². The Morgan fingerprint density at radius 1 is 1.21 bits per heavy atom. The van der Waals surface area contributed by atoms with Gasteiger partial charge in [-0.2, -0.15) is 0 Å². The molecule has 4 heteroatoms. The van der Waals surface area contributed by atoms with Crippen molar-refractivity contribution < 1.29 is 14.6 Å². The summed E-state index contributed by atoms with van der Waals surface area (Å²) < 4.78 is 5.84. The molecule has 24 heavy (non-hydrogen) atoms. The summed E-state index contributed by atoms with van der Waals surface area (Å²) in [5.41, 5.74) is 1.51. The van der Waals surface area contributed by atoms with Crippen molar-refractivity contribution in [2.75, 3.05) is 5.75 Å². The van der Waals surface area contributed by atoms with Crippen LogP contribution in [0.3, 0.4) is 0 Å². The van der Waals surface area contributed by atoms with E-state index in [1.54, 1.807) is 39.5 Å². The third-order valence-electron chi connectivity index (χ3n) is 4.73. The van der Waals surface area contributed by atoms with Gasteiger partial charge in [0.25, 0.3) is 0 Å². The highest BCUT2D eigenvalue weighted by molar-refractivity contribution is 8.02. The van der Waals surface area contributed by atoms with Gasteiger partial charge in [-0.25, -0.2) is 0 Å². The Hall–Kier alpha value is -1.52. The molecule has 1 aromatic carbocycles. The summed E-state index contributed by atoms with van der Waals surface area (Å²) in [7, 11) is 0. The number of aryl methyl sites for hydroxylation is 1. The lowest BCUT2D eigenvalue weighted by Crippen LogP contribution is -2.49. The Morgan fingerprint density at radius 2 is 1.92 bits per heavy atom. The van der Waals surface area contributed by atoms with Crippen molar-refractivity contribution >= 4 is 23.1 Å². The van der Waals surface area contributed by atoms with Crippen LogP contribution in [0.25, 0.3) is 5.57 Å². The second-order valence-electron chi connectivity index (χ2n) is 7.52. The van der Waals surface area contributed by atoms with Crippen molar-refractivity contribution in [3.05, 3.63) is 52.1 Å². The molecule has 0 fully saturated rings. The van der Waals surface area contributed by atoms with Gasteiger partial charge in [0.2, 0.25) is 0 Å². The summed E-state index contributed by atoms with van der Waals surface area (Å²) in [6.07, 6.45) is 2.19. The maximum absolute atomic E-state index is 13.0. The molecule has 0 bridgehead atoms. The van der Waals surface area contributed by atoms with Gasteiger partial charge in [-0.05, 0) is 56.7 Å². The van der Waals surface area contributed by atoms with Crippen LogP contribution in [0.15, 0.2) is 35.4 Å². The zero-order valence-electron chi connectivity index (χ0n) is 14.8. The molecule has 0 aromatic heterocycles. The fraction of sp³-hybridized carbons (Fsp3) is 0.450. The van der Waals surface area contributed by atoms with Crippen molar-refractivity contribution in [2.24, 2.45) is 0 Å². The Morgan fingerprint density at radius 3 is 2.54 bits per heavy atom. The van der Waals surface area contributed by atoms with E-state index in [1.165, 1.54) is 5.56 Å². The summed E-state index contributed by atoms with van der Waals surface area (Å²) in [6.45, 7) is 9.09. The number of carbonyl (C=O) groups excluding carboxylic acids is 1. The van der Waals surface area contributed by atoms with Crippen LogP contribution >= 0.6 is 11.8 Å². The number of aliphatic hydroxyl groups excluding tert-OH is 1. The van der Waals surface area contributed by atoms with Crippen LogP contribution in [0.2, 0.25) is 0 Å². The topological polar surface area (TPSA) is 46.5 Å². The van der Waals surface area contributed by atoms with Gasteiger partial charge in [-0.15, -0.1) is 11.8 Å². The third-order valence-corrected chi connectivity index (χ3v) is 5.63. The van der Waals surface area contributed by atoms with E-state index in [2.05, 4.69) is 23.6 Å². The Balaban J connectivity index is 2.17. The molecule has 0 spiro atoms. The molecule has 2 aliphatic rings. The predicted molar refractivity (Wildman–Crippen MR) is 99.3 cm³/mol. The van der Waals surface area contributed by atoms with Crippen LogP contribution in [0, 0.1) is 6.92 Å². The van der Waals surface area contributed by atoms with Crippen molar-refractivity contribution in [1.29, 1.82) is 0 Å². The first-order valence-corrected chi connectivity index (χ1v) is 9.26. The molecular weight excluding hydrogens is 320 g/mol. The molecule has 2 heterocycles. The average Bonchev–Trinajstić information content (AvgIpc) is 3.01. The molecule has 0 amide bonds. The van der Waals surface area contributed by atoms with Crippen molar-refractivity contribution in [1.82, 2.24) is 0 Å². The number of aliphatic hydroxyl groups is 1. The summed E-state index contributed by atoms with van der Waals surface area (Å²) in [4.78, 5) is 13.0. The van der Waals surface area contributed by atoms with E-state index in [0.29, 0.717) is 11.5 Å². The first kappa shape index (κ1) is 17.3. The maximum atomic E-state index is 13.0. The van der Waals surface area contributed by atoms with E-state index in [-0.39, 0.29) is 11.5 Å². The first-order valence-electron chi connectivity index (χ1n) is 8.21. The van der Waals surface area contributed by atoms with Gasteiger partial charge in [0.1, 0.15) is 17.0 Å². The number of benzene rings is 1. The molecule has 3 nitrogen and oxygen atoms in total. The zero-order valence-corrected chi connectivity index (χ0v) is 15.7. The van der Waals surface area contributed by atoms with Gasteiger partial charge in [0, 0.05) is 11.7 Å². The number of hydrogen-bond acceptors (Lipinski definition) is 4. The minimum absolute atomic E-state index is 0.0171. The molecule has 3 rings (SSSR count). The maximum Gasteiger partial charge on any atom is 0.198 e. The van der Waals surface area contributed by atoms with Crippen LogP contribution in [0.4, 0.5) is 0 Å². The summed E-state index contributed by atoms with van der Waals surface area (Å²) in [5.74, 6) is 1.22. The van der Waals surface area contributed by atoms with Gasteiger partial charge in [-0.1, -0.05) is 24.3 Å². The van der Waals surface area contributed by atoms with E-state index in [0.717, 1.165) is 16.9 Å². The van der Waals surface area contributed by atoms with Crippen LogP contribution in [-0.2, 0) is 9.53 Å². The van der Waals surface area contributed by atoms with Crippen molar-refractivity contribution in [3.63, 3.8) is 0 Å². The van der Waals surface area contributed by atoms with Gasteiger partial charge in [0.05, 0.1) is 5.57 Å². The summed E-state index contributed by atoms with van der Waals surface area (Å²) in [5, 5.41) is 12.9. The highest BCUT2D eigenvalue weighted by Gasteiger charge is 2.47. The molecule has 1 aromatic rings. The minimum Gasteiger partial charge on any atom is -0.508 e. The lowest BCUT2D eigenvalue weighted by Gasteiger charge is -2.40. The minimum atomic E-state index is -0.962. The third kappa shape index (κ3) is 2.82. The monoisotopic (exact) mass is 344 g/mol. The lowest BCUT2D eigenvalue weighted by atomic mass is 9.81. The lowest BCUT2D eigenvalue weighted by molar-refractivity contribution is -0.158. The normalized spacial score (nSPS) is 25.4. The van der Waals surface area contributed by atoms with Gasteiger partial charge in [-0.3, -0.25) is 4.79 Å². The first-order chi connectivity index (χ1) is 11.1. The fourth-order valence-corrected chi connectivity index (χ4v) is 4.33. The molecule has 128 valence electrons. The molecule has 1 N–H and O–H groups in total. The van der Waals surface area contributed by atoms with E-state index < -0.39 is 11.2 Å². The number of thioether (sulfide) groups is 1. The smallest absolute Gasteiger partial charge is 0.198 e. The highest BCUT2D eigenvalue weighted by Crippen LogP contribution is 2.41. The number of hydrogen-bond donors (Lipinski definition) is 1. The standard InChI is InChI=1S/C20H24O3S/c1-12-6-7-13(14-8-9-24-11-14)10-15(12)16-17(21)19(2,3)23-20(4,5)18(16)22/h6-10,14,21H,11H2,1-5H3. The van der Waals surface area contributed by atoms with Gasteiger partial charge in [0.15, 0.2) is 5.78 Å². The van der Waals surface area contributed by atoms with E-state index in [1.807, 2.05) is 13.0 Å². The van der Waals surface area contributed by atoms with Crippen LogP contribution in [0.1, 0.15) is 50.3 Å². The fourth-order valence-electron chi connectivity index (χ4n) is 3.40. The van der Waals surface area contributed by atoms with Gasteiger partial charge >= 0.3 is 0 Å². The SMILES string of the molecule is Cc1ccc(C2C=CSC2)cc1C1=C(O)C(C)(C)OC(C)(C)C1=O. The molecule has 0 radical (unpaired) electrons. The molecule has 1 atom stereocenters. The zero-order chi connectivity index (χ0) is 17.7. The number of rotatable bonds is 2. The second-order valence-corrected chi connectivity index (χ2v) is 8.46. The molecule has 0 saturated carbocycles.